The standard InChI is InChI=1S/C52H37N3O/c1-52(2)44-23-10-9-21-40(44)43-32-38(28-30-45(43)52)54(37-20-13-17-35(31-37)34-15-5-3-6-16-34)39-27-29-41-48(33-39)55(36-18-7-4-8-19-36)47-25-14-22-42(50(41)47)51-53-46-24-11-12-26-49(46)56-51/h3-33H,1-2H3. The first-order valence-electron chi connectivity index (χ1n) is 19.2. The smallest absolute Gasteiger partial charge is 0.228 e. The molecule has 0 unspecified atom stereocenters. The molecule has 10 aromatic rings. The Morgan fingerprint density at radius 3 is 2.02 bits per heavy atom. The molecule has 8 aromatic carbocycles. The van der Waals surface area contributed by atoms with Gasteiger partial charge in [0.15, 0.2) is 5.58 Å². The van der Waals surface area contributed by atoms with Crippen molar-refractivity contribution in [3.63, 3.8) is 0 Å². The van der Waals surface area contributed by atoms with Crippen LogP contribution in [0.1, 0.15) is 25.0 Å². The summed E-state index contributed by atoms with van der Waals surface area (Å²) in [5.41, 5.74) is 16.7. The molecule has 1 aliphatic rings. The predicted octanol–water partition coefficient (Wildman–Crippen LogP) is 14.0. The molecular weight excluding hydrogens is 683 g/mol. The van der Waals surface area contributed by atoms with E-state index in [1.165, 1.54) is 33.4 Å². The number of nitrogens with zero attached hydrogens (tertiary/aromatic N) is 3. The summed E-state index contributed by atoms with van der Waals surface area (Å²) in [7, 11) is 0. The van der Waals surface area contributed by atoms with Crippen LogP contribution in [0.5, 0.6) is 0 Å². The highest BCUT2D eigenvalue weighted by Crippen LogP contribution is 2.51. The van der Waals surface area contributed by atoms with Crippen LogP contribution in [0.4, 0.5) is 17.1 Å². The Hall–Kier alpha value is -7.17. The Labute approximate surface area is 325 Å². The normalized spacial score (nSPS) is 13.0. The van der Waals surface area contributed by atoms with Gasteiger partial charge in [0.2, 0.25) is 5.89 Å². The minimum Gasteiger partial charge on any atom is -0.436 e. The fourth-order valence-corrected chi connectivity index (χ4v) is 8.97. The molecule has 0 saturated carbocycles. The van der Waals surface area contributed by atoms with Gasteiger partial charge in [0.1, 0.15) is 5.52 Å². The van der Waals surface area contributed by atoms with E-state index in [0.29, 0.717) is 5.89 Å². The number of fused-ring (bicyclic) bond motifs is 7. The molecule has 0 aliphatic heterocycles. The highest BCUT2D eigenvalue weighted by atomic mass is 16.3. The lowest BCUT2D eigenvalue weighted by molar-refractivity contribution is 0.620. The van der Waals surface area contributed by atoms with Crippen molar-refractivity contribution < 1.29 is 4.42 Å². The average Bonchev–Trinajstić information content (AvgIpc) is 3.90. The molecule has 11 rings (SSSR count). The monoisotopic (exact) mass is 719 g/mol. The molecule has 0 amide bonds. The second-order valence-electron chi connectivity index (χ2n) is 15.2. The molecule has 0 fully saturated rings. The van der Waals surface area contributed by atoms with Gasteiger partial charge >= 0.3 is 0 Å². The molecule has 0 radical (unpaired) electrons. The van der Waals surface area contributed by atoms with Crippen LogP contribution in [0.25, 0.3) is 72.3 Å². The quantitative estimate of drug-likeness (QED) is 0.172. The van der Waals surface area contributed by atoms with Crippen molar-refractivity contribution in [1.29, 1.82) is 0 Å². The molecule has 266 valence electrons. The van der Waals surface area contributed by atoms with E-state index in [1.807, 2.05) is 24.3 Å². The number of hydrogen-bond acceptors (Lipinski definition) is 3. The number of anilines is 3. The van der Waals surface area contributed by atoms with Crippen LogP contribution in [-0.2, 0) is 5.41 Å². The van der Waals surface area contributed by atoms with Crippen molar-refractivity contribution in [2.24, 2.45) is 0 Å². The first kappa shape index (κ1) is 32.3. The van der Waals surface area contributed by atoms with E-state index >= 15 is 0 Å². The molecule has 0 bridgehead atoms. The van der Waals surface area contributed by atoms with E-state index in [1.54, 1.807) is 0 Å². The van der Waals surface area contributed by atoms with Gasteiger partial charge in [-0.05, 0) is 106 Å². The van der Waals surface area contributed by atoms with Crippen molar-refractivity contribution >= 4 is 50.0 Å². The van der Waals surface area contributed by atoms with Crippen molar-refractivity contribution in [3.05, 3.63) is 199 Å². The highest BCUT2D eigenvalue weighted by molar-refractivity contribution is 6.16. The molecule has 0 N–H and O–H groups in total. The largest absolute Gasteiger partial charge is 0.436 e. The molecule has 0 spiro atoms. The summed E-state index contributed by atoms with van der Waals surface area (Å²) in [6, 6.07) is 67.3. The SMILES string of the molecule is CC1(C)c2ccccc2-c2cc(N(c3cccc(-c4ccccc4)c3)c3ccc4c5c(-c6nc7ccccc7o6)cccc5n(-c5ccccc5)c4c3)ccc21. The second-order valence-corrected chi connectivity index (χ2v) is 15.2. The van der Waals surface area contributed by atoms with E-state index < -0.39 is 0 Å². The Bertz CT molecular complexity index is 3080. The van der Waals surface area contributed by atoms with Gasteiger partial charge in [-0.3, -0.25) is 0 Å². The lowest BCUT2D eigenvalue weighted by atomic mass is 9.82. The molecule has 1 aliphatic carbocycles. The lowest BCUT2D eigenvalue weighted by Gasteiger charge is -2.28. The summed E-state index contributed by atoms with van der Waals surface area (Å²) in [6.07, 6.45) is 0. The van der Waals surface area contributed by atoms with E-state index in [-0.39, 0.29) is 5.41 Å². The minimum atomic E-state index is -0.0789. The van der Waals surface area contributed by atoms with Gasteiger partial charge in [-0.15, -0.1) is 0 Å². The van der Waals surface area contributed by atoms with Gasteiger partial charge in [0, 0.05) is 44.5 Å². The molecule has 56 heavy (non-hydrogen) atoms. The molecular formula is C52H37N3O. The van der Waals surface area contributed by atoms with Crippen LogP contribution in [0.15, 0.2) is 192 Å². The van der Waals surface area contributed by atoms with Crippen LogP contribution in [0.2, 0.25) is 0 Å². The third-order valence-electron chi connectivity index (χ3n) is 11.6. The van der Waals surface area contributed by atoms with Gasteiger partial charge in [-0.2, -0.15) is 0 Å². The lowest BCUT2D eigenvalue weighted by Crippen LogP contribution is -2.15. The van der Waals surface area contributed by atoms with Crippen molar-refractivity contribution in [1.82, 2.24) is 9.55 Å². The molecule has 4 heteroatoms. The maximum atomic E-state index is 6.40. The van der Waals surface area contributed by atoms with Crippen molar-refractivity contribution in [2.45, 2.75) is 19.3 Å². The highest BCUT2D eigenvalue weighted by Gasteiger charge is 2.35. The zero-order valence-electron chi connectivity index (χ0n) is 31.1. The van der Waals surface area contributed by atoms with E-state index in [4.69, 9.17) is 9.40 Å². The maximum absolute atomic E-state index is 6.40. The van der Waals surface area contributed by atoms with E-state index in [2.05, 4.69) is 187 Å². The molecule has 0 saturated heterocycles. The van der Waals surface area contributed by atoms with E-state index in [9.17, 15) is 0 Å². The van der Waals surface area contributed by atoms with E-state index in [0.717, 1.165) is 61.2 Å². The van der Waals surface area contributed by atoms with Crippen LogP contribution in [0.3, 0.4) is 0 Å². The second kappa shape index (κ2) is 12.4. The summed E-state index contributed by atoms with van der Waals surface area (Å²) in [4.78, 5) is 7.36. The van der Waals surface area contributed by atoms with Crippen LogP contribution >= 0.6 is 0 Å². The zero-order chi connectivity index (χ0) is 37.4. The molecule has 0 atom stereocenters. The Morgan fingerprint density at radius 1 is 0.500 bits per heavy atom. The Balaban J connectivity index is 1.17. The van der Waals surface area contributed by atoms with Crippen LogP contribution < -0.4 is 4.90 Å². The zero-order valence-corrected chi connectivity index (χ0v) is 31.1. The third kappa shape index (κ3) is 4.96. The first-order valence-corrected chi connectivity index (χ1v) is 19.2. The van der Waals surface area contributed by atoms with Crippen LogP contribution in [0, 0.1) is 0 Å². The van der Waals surface area contributed by atoms with Gasteiger partial charge in [-0.25, -0.2) is 4.98 Å². The Kier molecular flexibility index (Phi) is 7.17. The summed E-state index contributed by atoms with van der Waals surface area (Å²) < 4.78 is 8.77. The number of benzene rings is 8. The summed E-state index contributed by atoms with van der Waals surface area (Å²) in [5.74, 6) is 0.619. The topological polar surface area (TPSA) is 34.2 Å². The van der Waals surface area contributed by atoms with Crippen molar-refractivity contribution in [2.75, 3.05) is 4.90 Å². The number of rotatable bonds is 6. The van der Waals surface area contributed by atoms with Gasteiger partial charge < -0.3 is 13.9 Å². The number of para-hydroxylation sites is 3. The van der Waals surface area contributed by atoms with Crippen molar-refractivity contribution in [3.8, 4) is 39.4 Å². The summed E-state index contributed by atoms with van der Waals surface area (Å²) >= 11 is 0. The first-order chi connectivity index (χ1) is 27.5. The molecule has 4 nitrogen and oxygen atoms in total. The summed E-state index contributed by atoms with van der Waals surface area (Å²) in [6.45, 7) is 4.67. The van der Waals surface area contributed by atoms with Gasteiger partial charge in [0.05, 0.1) is 11.0 Å². The fourth-order valence-electron chi connectivity index (χ4n) is 8.97. The minimum absolute atomic E-state index is 0.0789. The molecule has 2 aromatic heterocycles. The average molecular weight is 720 g/mol. The Morgan fingerprint density at radius 2 is 1.16 bits per heavy atom. The number of hydrogen-bond donors (Lipinski definition) is 0. The third-order valence-corrected chi connectivity index (χ3v) is 11.6. The molecule has 2 heterocycles. The number of aromatic nitrogens is 2. The van der Waals surface area contributed by atoms with Crippen LogP contribution in [-0.4, -0.2) is 9.55 Å². The fraction of sp³-hybridized carbons (Fsp3) is 0.0577. The van der Waals surface area contributed by atoms with Gasteiger partial charge in [0.25, 0.3) is 0 Å². The van der Waals surface area contributed by atoms with Gasteiger partial charge in [-0.1, -0.05) is 129 Å². The predicted molar refractivity (Wildman–Crippen MR) is 231 cm³/mol. The maximum Gasteiger partial charge on any atom is 0.228 e. The summed E-state index contributed by atoms with van der Waals surface area (Å²) in [5, 5.41) is 2.24. The number of oxazole rings is 1.